The van der Waals surface area contributed by atoms with E-state index >= 15 is 0 Å². The molecule has 2 nitrogen and oxygen atoms in total. The van der Waals surface area contributed by atoms with Crippen LogP contribution in [0.4, 0.5) is 0 Å². The third-order valence-corrected chi connectivity index (χ3v) is 17.9. The summed E-state index contributed by atoms with van der Waals surface area (Å²) >= 11 is 8.79. The van der Waals surface area contributed by atoms with E-state index in [1.165, 1.54) is 15.9 Å². The number of aromatic nitrogens is 1. The summed E-state index contributed by atoms with van der Waals surface area (Å²) < 4.78 is 7.08. The number of aryl methyl sites for hydroxylation is 1. The van der Waals surface area contributed by atoms with Gasteiger partial charge in [0.2, 0.25) is 0 Å². The lowest BCUT2D eigenvalue weighted by molar-refractivity contribution is 0.218. The van der Waals surface area contributed by atoms with Gasteiger partial charge in [-0.1, -0.05) is 87.0 Å². The molecule has 0 aliphatic rings. The first-order valence-corrected chi connectivity index (χ1v) is 19.7. The van der Waals surface area contributed by atoms with E-state index in [0.29, 0.717) is 0 Å². The molecule has 4 aromatic rings. The van der Waals surface area contributed by atoms with Gasteiger partial charge in [-0.05, 0) is 67.5 Å². The summed E-state index contributed by atoms with van der Waals surface area (Å²) in [7, 11) is -4.10. The standard InChI is InChI=1S/C33H40ClNOPSSi/c1-26-35-27(25-38-26)24-31(34)32(36-39(5,6)33(2,3)4)22-23-37(28-16-10-7-11-17-28,29-18-12-8-13-19-29)30-20-14-9-15-21-30/h7-21,24-25,32H,22-23H2,1-6H3/q+1. The quantitative estimate of drug-likeness (QED) is 0.136. The number of hydrogen-bond acceptors (Lipinski definition) is 3. The molecule has 0 saturated carbocycles. The van der Waals surface area contributed by atoms with Crippen molar-refractivity contribution in [2.45, 2.75) is 58.4 Å². The molecule has 4 rings (SSSR count). The summed E-state index contributed by atoms with van der Waals surface area (Å²) in [5, 5.41) is 8.05. The zero-order chi connectivity index (χ0) is 28.1. The average molecular weight is 593 g/mol. The highest BCUT2D eigenvalue weighted by Crippen LogP contribution is 2.56. The molecule has 204 valence electrons. The lowest BCUT2D eigenvalue weighted by Gasteiger charge is -2.39. The van der Waals surface area contributed by atoms with Crippen LogP contribution in [0.15, 0.2) is 101 Å². The maximum Gasteiger partial charge on any atom is 0.192 e. The van der Waals surface area contributed by atoms with E-state index in [1.807, 2.05) is 13.0 Å². The Morgan fingerprint density at radius 2 is 1.36 bits per heavy atom. The molecule has 1 aromatic heterocycles. The van der Waals surface area contributed by atoms with Crippen molar-refractivity contribution in [1.29, 1.82) is 0 Å². The van der Waals surface area contributed by atoms with E-state index in [2.05, 4.69) is 135 Å². The minimum absolute atomic E-state index is 0.0736. The second-order valence-corrected chi connectivity index (χ2v) is 21.4. The fraction of sp³-hybridized carbons (Fsp3) is 0.303. The molecule has 1 unspecified atom stereocenters. The topological polar surface area (TPSA) is 22.1 Å². The predicted octanol–water partition coefficient (Wildman–Crippen LogP) is 8.81. The van der Waals surface area contributed by atoms with Crippen molar-refractivity contribution < 1.29 is 4.43 Å². The zero-order valence-corrected chi connectivity index (χ0v) is 27.4. The first-order valence-electron chi connectivity index (χ1n) is 13.5. The molecule has 0 fully saturated rings. The Morgan fingerprint density at radius 3 is 1.74 bits per heavy atom. The highest BCUT2D eigenvalue weighted by atomic mass is 35.5. The van der Waals surface area contributed by atoms with Crippen molar-refractivity contribution >= 4 is 60.5 Å². The third kappa shape index (κ3) is 6.99. The van der Waals surface area contributed by atoms with Gasteiger partial charge in [0.25, 0.3) is 0 Å². The van der Waals surface area contributed by atoms with Crippen LogP contribution in [0, 0.1) is 6.92 Å². The largest absolute Gasteiger partial charge is 0.409 e. The molecule has 0 radical (unpaired) electrons. The Bertz CT molecular complexity index is 1270. The molecule has 6 heteroatoms. The number of thiazole rings is 1. The molecule has 0 bridgehead atoms. The second kappa shape index (κ2) is 12.6. The first-order chi connectivity index (χ1) is 18.5. The van der Waals surface area contributed by atoms with Gasteiger partial charge in [0.15, 0.2) is 8.32 Å². The van der Waals surface area contributed by atoms with Crippen LogP contribution in [0.3, 0.4) is 0 Å². The van der Waals surface area contributed by atoms with E-state index in [1.54, 1.807) is 11.3 Å². The number of hydrogen-bond donors (Lipinski definition) is 0. The van der Waals surface area contributed by atoms with Gasteiger partial charge in [-0.3, -0.25) is 0 Å². The Balaban J connectivity index is 1.82. The van der Waals surface area contributed by atoms with Crippen molar-refractivity contribution in [3.63, 3.8) is 0 Å². The second-order valence-electron chi connectivity index (χ2n) is 11.5. The van der Waals surface area contributed by atoms with Crippen LogP contribution in [-0.4, -0.2) is 25.6 Å². The van der Waals surface area contributed by atoms with Crippen molar-refractivity contribution in [2.75, 3.05) is 6.16 Å². The fourth-order valence-corrected chi connectivity index (χ4v) is 11.2. The summed E-state index contributed by atoms with van der Waals surface area (Å²) in [4.78, 5) is 4.65. The highest BCUT2D eigenvalue weighted by molar-refractivity contribution is 7.95. The van der Waals surface area contributed by atoms with Crippen LogP contribution < -0.4 is 15.9 Å². The molecule has 1 atom stereocenters. The van der Waals surface area contributed by atoms with E-state index in [4.69, 9.17) is 16.0 Å². The Hall–Kier alpha value is -2.07. The lowest BCUT2D eigenvalue weighted by Crippen LogP contribution is -2.44. The van der Waals surface area contributed by atoms with E-state index < -0.39 is 15.6 Å². The Morgan fingerprint density at radius 1 is 0.897 bits per heavy atom. The molecule has 0 spiro atoms. The molecule has 0 aliphatic carbocycles. The molecule has 0 amide bonds. The smallest absolute Gasteiger partial charge is 0.192 e. The molecule has 39 heavy (non-hydrogen) atoms. The summed E-state index contributed by atoms with van der Waals surface area (Å²) in [5.41, 5.74) is 0.904. The lowest BCUT2D eigenvalue weighted by atomic mass is 10.2. The molecule has 1 heterocycles. The van der Waals surface area contributed by atoms with Gasteiger partial charge in [0.1, 0.15) is 23.2 Å². The zero-order valence-electron chi connectivity index (χ0n) is 23.9. The van der Waals surface area contributed by atoms with Crippen LogP contribution in [0.25, 0.3) is 6.08 Å². The number of halogens is 1. The summed E-state index contributed by atoms with van der Waals surface area (Å²) in [6.07, 6.45) is 3.57. The van der Waals surface area contributed by atoms with Gasteiger partial charge in [-0.15, -0.1) is 11.3 Å². The van der Waals surface area contributed by atoms with Crippen molar-refractivity contribution in [2.24, 2.45) is 0 Å². The maximum absolute atomic E-state index is 7.15. The molecule has 3 aromatic carbocycles. The average Bonchev–Trinajstić information content (AvgIpc) is 3.33. The van der Waals surface area contributed by atoms with Gasteiger partial charge in [-0.2, -0.15) is 0 Å². The third-order valence-electron chi connectivity index (χ3n) is 7.79. The van der Waals surface area contributed by atoms with Crippen molar-refractivity contribution in [3.8, 4) is 0 Å². The maximum atomic E-state index is 7.15. The molecular formula is C33H40ClNOPSSi+. The number of nitrogens with zero attached hydrogens (tertiary/aromatic N) is 1. The monoisotopic (exact) mass is 592 g/mol. The molecule has 0 aliphatic heterocycles. The van der Waals surface area contributed by atoms with Crippen LogP contribution in [0.2, 0.25) is 18.1 Å². The van der Waals surface area contributed by atoms with Crippen LogP contribution >= 0.6 is 30.2 Å². The van der Waals surface area contributed by atoms with Gasteiger partial charge in [0, 0.05) is 16.8 Å². The van der Waals surface area contributed by atoms with Crippen molar-refractivity contribution in [3.05, 3.63) is 112 Å². The number of benzene rings is 3. The van der Waals surface area contributed by atoms with Gasteiger partial charge < -0.3 is 4.43 Å². The van der Waals surface area contributed by atoms with Crippen LogP contribution in [-0.2, 0) is 4.43 Å². The minimum Gasteiger partial charge on any atom is -0.409 e. The fourth-order valence-electron chi connectivity index (χ4n) is 4.66. The number of rotatable bonds is 10. The highest BCUT2D eigenvalue weighted by Gasteiger charge is 2.47. The SMILES string of the molecule is Cc1nc(C=C(Cl)C(CC[P+](c2ccccc2)(c2ccccc2)c2ccccc2)O[Si](C)(C)C(C)(C)C)cs1. The predicted molar refractivity (Wildman–Crippen MR) is 177 cm³/mol. The molecule has 0 N–H and O–H groups in total. The van der Waals surface area contributed by atoms with Crippen LogP contribution in [0.1, 0.15) is 37.9 Å². The van der Waals surface area contributed by atoms with Crippen LogP contribution in [0.5, 0.6) is 0 Å². The molecule has 0 saturated heterocycles. The summed E-state index contributed by atoms with van der Waals surface area (Å²) in [6, 6.07) is 33.1. The van der Waals surface area contributed by atoms with Gasteiger partial charge in [0.05, 0.1) is 23.0 Å². The van der Waals surface area contributed by atoms with E-state index in [0.717, 1.165) is 28.3 Å². The molecular weight excluding hydrogens is 553 g/mol. The Kier molecular flexibility index (Phi) is 9.68. The van der Waals surface area contributed by atoms with Gasteiger partial charge >= 0.3 is 0 Å². The van der Waals surface area contributed by atoms with Crippen molar-refractivity contribution in [1.82, 2.24) is 4.98 Å². The Labute approximate surface area is 245 Å². The van der Waals surface area contributed by atoms with E-state index in [-0.39, 0.29) is 11.1 Å². The van der Waals surface area contributed by atoms with Gasteiger partial charge in [-0.25, -0.2) is 4.98 Å². The summed E-state index contributed by atoms with van der Waals surface area (Å²) in [5.74, 6) is 0. The summed E-state index contributed by atoms with van der Waals surface area (Å²) in [6.45, 7) is 13.5. The first kappa shape index (κ1) is 29.9. The minimum atomic E-state index is -2.11. The van der Waals surface area contributed by atoms with E-state index in [9.17, 15) is 0 Å². The normalized spacial score (nSPS) is 13.9.